The first-order chi connectivity index (χ1) is 21.2. The maximum Gasteiger partial charge on any atom is 0.282 e. The minimum absolute atomic E-state index is 0.0423. The number of benzene rings is 2. The third-order valence-corrected chi connectivity index (χ3v) is 10.6. The summed E-state index contributed by atoms with van der Waals surface area (Å²) in [6.07, 6.45) is 8.27. The van der Waals surface area contributed by atoms with Crippen LogP contribution in [0.25, 0.3) is 0 Å². The summed E-state index contributed by atoms with van der Waals surface area (Å²) in [5.74, 6) is 1.80. The van der Waals surface area contributed by atoms with E-state index in [-0.39, 0.29) is 25.2 Å². The highest BCUT2D eigenvalue weighted by molar-refractivity contribution is 7.86. The third kappa shape index (κ3) is 8.29. The molecule has 9 nitrogen and oxygen atoms in total. The minimum atomic E-state index is -3.82. The van der Waals surface area contributed by atoms with Crippen LogP contribution >= 0.6 is 0 Å². The van der Waals surface area contributed by atoms with E-state index in [0.717, 1.165) is 43.4 Å². The summed E-state index contributed by atoms with van der Waals surface area (Å²) in [5, 5.41) is 0. The van der Waals surface area contributed by atoms with Crippen molar-refractivity contribution in [3.8, 4) is 11.5 Å². The summed E-state index contributed by atoms with van der Waals surface area (Å²) in [4.78, 5) is 14.6. The van der Waals surface area contributed by atoms with Crippen LogP contribution in [0.2, 0.25) is 0 Å². The monoisotopic (exact) mass is 625 g/mol. The highest BCUT2D eigenvalue weighted by Gasteiger charge is 2.45. The van der Waals surface area contributed by atoms with Gasteiger partial charge in [0, 0.05) is 27.2 Å². The summed E-state index contributed by atoms with van der Waals surface area (Å²) in [6.45, 7) is 8.92. The van der Waals surface area contributed by atoms with E-state index in [0.29, 0.717) is 31.2 Å². The van der Waals surface area contributed by atoms with Gasteiger partial charge in [-0.2, -0.15) is 17.0 Å². The maximum absolute atomic E-state index is 13.7. The molecule has 0 N–H and O–H groups in total. The summed E-state index contributed by atoms with van der Waals surface area (Å²) in [5.41, 5.74) is 2.11. The standard InChI is InChI=1S/C34H47N3O6S/c1-6-8-22-42-31-11-9-10-28(23-31)27-14-18-30(19-15-27)43-25-33-32(20-21-36(33)34(38)7-2)37(44(39,40)35(3)4)24-26-12-16-29(41-5)17-13-26/h6-7,9-13,16-17,23,27,30,32-33H,1-2,8,14-15,18-22,24-25H2,3-5H3/t27?,30?,32-,33-/m0/s1. The number of hydrogen-bond acceptors (Lipinski definition) is 6. The maximum atomic E-state index is 13.7. The molecule has 0 aromatic heterocycles. The number of carbonyl (C=O) groups excluding carboxylic acids is 1. The van der Waals surface area contributed by atoms with Crippen LogP contribution in [0.3, 0.4) is 0 Å². The Labute approximate surface area is 263 Å². The normalized spacial score (nSPS) is 22.2. The first-order valence-corrected chi connectivity index (χ1v) is 16.8. The van der Waals surface area contributed by atoms with Gasteiger partial charge in [0.1, 0.15) is 11.5 Å². The molecule has 0 unspecified atom stereocenters. The number of carbonyl (C=O) groups is 1. The second kappa shape index (κ2) is 15.7. The Kier molecular flexibility index (Phi) is 12.0. The number of amides is 1. The Morgan fingerprint density at radius 3 is 2.39 bits per heavy atom. The average molecular weight is 626 g/mol. The van der Waals surface area contributed by atoms with Gasteiger partial charge in [-0.25, -0.2) is 0 Å². The largest absolute Gasteiger partial charge is 0.497 e. The van der Waals surface area contributed by atoms with Crippen molar-refractivity contribution in [2.45, 2.75) is 69.2 Å². The van der Waals surface area contributed by atoms with Crippen LogP contribution in [-0.2, 0) is 26.3 Å². The number of nitrogens with zero attached hydrogens (tertiary/aromatic N) is 3. The van der Waals surface area contributed by atoms with Crippen LogP contribution in [0.4, 0.5) is 0 Å². The SMILES string of the molecule is C=CCCOc1cccc(C2CCC(OC[C@H]3[C@@H](N(Cc4ccc(OC)cc4)S(=O)(=O)N(C)C)CCN3C(=O)C=C)CC2)c1. The van der Waals surface area contributed by atoms with Gasteiger partial charge < -0.3 is 19.1 Å². The predicted octanol–water partition coefficient (Wildman–Crippen LogP) is 5.16. The molecule has 1 saturated heterocycles. The zero-order chi connectivity index (χ0) is 31.7. The quantitative estimate of drug-likeness (QED) is 0.154. The molecule has 2 fully saturated rings. The number of methoxy groups -OCH3 is 1. The second-order valence-electron chi connectivity index (χ2n) is 11.6. The van der Waals surface area contributed by atoms with Gasteiger partial charge in [-0.3, -0.25) is 4.79 Å². The van der Waals surface area contributed by atoms with E-state index in [1.54, 1.807) is 12.0 Å². The van der Waals surface area contributed by atoms with Gasteiger partial charge in [0.05, 0.1) is 38.5 Å². The molecule has 1 aliphatic heterocycles. The lowest BCUT2D eigenvalue weighted by Crippen LogP contribution is -2.53. The van der Waals surface area contributed by atoms with Crippen LogP contribution < -0.4 is 9.47 Å². The van der Waals surface area contributed by atoms with Crippen molar-refractivity contribution < 1.29 is 27.4 Å². The predicted molar refractivity (Wildman–Crippen MR) is 173 cm³/mol. The van der Waals surface area contributed by atoms with Gasteiger partial charge in [-0.05, 0) is 85.9 Å². The summed E-state index contributed by atoms with van der Waals surface area (Å²) >= 11 is 0. The number of hydrogen-bond donors (Lipinski definition) is 0. The molecule has 240 valence electrons. The molecule has 1 saturated carbocycles. The molecule has 0 spiro atoms. The minimum Gasteiger partial charge on any atom is -0.497 e. The van der Waals surface area contributed by atoms with Gasteiger partial charge in [0.2, 0.25) is 5.91 Å². The molecule has 1 heterocycles. The zero-order valence-corrected chi connectivity index (χ0v) is 27.1. The van der Waals surface area contributed by atoms with Crippen LogP contribution in [0.15, 0.2) is 73.8 Å². The zero-order valence-electron chi connectivity index (χ0n) is 26.3. The fraction of sp³-hybridized carbons (Fsp3) is 0.500. The lowest BCUT2D eigenvalue weighted by Gasteiger charge is -2.37. The van der Waals surface area contributed by atoms with E-state index >= 15 is 0 Å². The van der Waals surface area contributed by atoms with Gasteiger partial charge in [-0.15, -0.1) is 6.58 Å². The van der Waals surface area contributed by atoms with Crippen molar-refractivity contribution in [1.82, 2.24) is 13.5 Å². The molecule has 2 aromatic carbocycles. The first kappa shape index (κ1) is 33.7. The van der Waals surface area contributed by atoms with Crippen molar-refractivity contribution in [2.75, 3.05) is 41.0 Å². The van der Waals surface area contributed by atoms with Gasteiger partial charge in [-0.1, -0.05) is 36.9 Å². The molecule has 1 amide bonds. The average Bonchev–Trinajstić information content (AvgIpc) is 3.46. The molecule has 2 atom stereocenters. The molecule has 10 heteroatoms. The highest BCUT2D eigenvalue weighted by atomic mass is 32.2. The van der Waals surface area contributed by atoms with E-state index in [9.17, 15) is 13.2 Å². The Balaban J connectivity index is 1.45. The molecule has 2 aromatic rings. The Bertz CT molecular complexity index is 1360. The highest BCUT2D eigenvalue weighted by Crippen LogP contribution is 2.36. The van der Waals surface area contributed by atoms with Crippen molar-refractivity contribution in [3.63, 3.8) is 0 Å². The molecule has 44 heavy (non-hydrogen) atoms. The van der Waals surface area contributed by atoms with Crippen LogP contribution in [-0.4, -0.2) is 87.0 Å². The first-order valence-electron chi connectivity index (χ1n) is 15.4. The number of likely N-dealkylation sites (tertiary alicyclic amines) is 1. The van der Waals surface area contributed by atoms with Crippen LogP contribution in [0, 0.1) is 0 Å². The summed E-state index contributed by atoms with van der Waals surface area (Å²) in [7, 11) is 0.844. The molecule has 0 bridgehead atoms. The van der Waals surface area contributed by atoms with Crippen LogP contribution in [0.5, 0.6) is 11.5 Å². The van der Waals surface area contributed by atoms with Gasteiger partial charge >= 0.3 is 0 Å². The number of rotatable bonds is 15. The van der Waals surface area contributed by atoms with E-state index in [4.69, 9.17) is 14.2 Å². The molecule has 4 rings (SSSR count). The number of ether oxygens (including phenoxy) is 3. The summed E-state index contributed by atoms with van der Waals surface area (Å²) < 4.78 is 47.7. The summed E-state index contributed by atoms with van der Waals surface area (Å²) in [6, 6.07) is 14.8. The fourth-order valence-corrected chi connectivity index (χ4v) is 7.49. The van der Waals surface area contributed by atoms with E-state index in [1.807, 2.05) is 42.5 Å². The van der Waals surface area contributed by atoms with Gasteiger partial charge in [0.25, 0.3) is 10.2 Å². The van der Waals surface area contributed by atoms with Crippen molar-refractivity contribution in [1.29, 1.82) is 0 Å². The lowest BCUT2D eigenvalue weighted by molar-refractivity contribution is -0.129. The second-order valence-corrected chi connectivity index (χ2v) is 13.7. The van der Waals surface area contributed by atoms with Crippen molar-refractivity contribution in [3.05, 3.63) is 85.0 Å². The smallest absolute Gasteiger partial charge is 0.282 e. The van der Waals surface area contributed by atoms with E-state index in [2.05, 4.69) is 25.3 Å². The van der Waals surface area contributed by atoms with E-state index < -0.39 is 22.3 Å². The van der Waals surface area contributed by atoms with Crippen molar-refractivity contribution >= 4 is 16.1 Å². The molecule has 1 aliphatic carbocycles. The van der Waals surface area contributed by atoms with Gasteiger partial charge in [0.15, 0.2) is 0 Å². The Morgan fingerprint density at radius 2 is 1.75 bits per heavy atom. The molecule has 0 radical (unpaired) electrons. The Hall–Kier alpha value is -3.18. The van der Waals surface area contributed by atoms with E-state index in [1.165, 1.54) is 34.3 Å². The molecular formula is C34H47N3O6S. The van der Waals surface area contributed by atoms with Crippen molar-refractivity contribution in [2.24, 2.45) is 0 Å². The Morgan fingerprint density at radius 1 is 1.02 bits per heavy atom. The lowest BCUT2D eigenvalue weighted by atomic mass is 9.82. The fourth-order valence-electron chi connectivity index (χ4n) is 6.17. The van der Waals surface area contributed by atoms with Crippen LogP contribution in [0.1, 0.15) is 55.6 Å². The molecular weight excluding hydrogens is 578 g/mol. The molecule has 2 aliphatic rings. The topological polar surface area (TPSA) is 88.6 Å². The third-order valence-electron chi connectivity index (χ3n) is 8.69.